The predicted octanol–water partition coefficient (Wildman–Crippen LogP) is -2.41. The fourth-order valence-corrected chi connectivity index (χ4v) is 7.47. The van der Waals surface area contributed by atoms with Crippen LogP contribution in [0, 0.1) is 0 Å². The standard InChI is InChI=1S/C29H21N3O13S4.2Na/c1-2-46(35,36)19-9-10-21-17(12-19)8-11-22(28(21)49(43,44)45)31-32-26-24(48(40,41)42)14-18-13-20(47(37,38)39)15-23(25(18)27(26)33)30-29(34)16-6-4-3-5-7-16;;/h2-15,33H,1H2,(H,30,34)(H,37,38,39)(H,40,41,42)(H,43,44,45);;/q;2*+1/p-2. The minimum atomic E-state index is -5.37. The second-order valence-electron chi connectivity index (χ2n) is 10.0. The van der Waals surface area contributed by atoms with Crippen LogP contribution in [0.5, 0.6) is 5.75 Å². The van der Waals surface area contributed by atoms with E-state index in [9.17, 15) is 57.5 Å². The van der Waals surface area contributed by atoms with Crippen LogP contribution in [0.15, 0.2) is 126 Å². The number of hydrogen-bond donors (Lipinski definition) is 3. The van der Waals surface area contributed by atoms with E-state index in [-0.39, 0.29) is 80.3 Å². The molecule has 5 aromatic rings. The Morgan fingerprint density at radius 3 is 1.88 bits per heavy atom. The van der Waals surface area contributed by atoms with Crippen LogP contribution in [-0.2, 0) is 40.2 Å². The molecule has 0 saturated carbocycles. The van der Waals surface area contributed by atoms with Crippen molar-refractivity contribution in [3.05, 3.63) is 96.4 Å². The Hall–Kier alpha value is -3.09. The van der Waals surface area contributed by atoms with Gasteiger partial charge in [0.25, 0.3) is 30.4 Å². The summed E-state index contributed by atoms with van der Waals surface area (Å²) in [6, 6.07) is 14.5. The second-order valence-corrected chi connectivity index (χ2v) is 16.1. The Kier molecular flexibility index (Phi) is 12.8. The molecule has 0 bridgehead atoms. The van der Waals surface area contributed by atoms with E-state index in [2.05, 4.69) is 21.8 Å². The molecule has 0 radical (unpaired) electrons. The zero-order chi connectivity index (χ0) is 36.1. The van der Waals surface area contributed by atoms with Gasteiger partial charge < -0.3 is 10.2 Å². The van der Waals surface area contributed by atoms with Crippen molar-refractivity contribution < 1.29 is 117 Å². The van der Waals surface area contributed by atoms with Gasteiger partial charge in [-0.25, -0.2) is 8.42 Å². The number of azo groups is 1. The number of nitrogens with zero attached hydrogens (tertiary/aromatic N) is 3. The van der Waals surface area contributed by atoms with E-state index in [1.165, 1.54) is 30.3 Å². The van der Waals surface area contributed by atoms with Crippen LogP contribution in [-0.4, -0.2) is 53.2 Å². The summed E-state index contributed by atoms with van der Waals surface area (Å²) in [5.74, 6) is -2.36. The molecular weight excluding hydrogens is 773 g/mol. The van der Waals surface area contributed by atoms with Crippen LogP contribution in [0.25, 0.3) is 21.5 Å². The first-order valence-electron chi connectivity index (χ1n) is 13.1. The molecule has 0 aliphatic rings. The smallest absolute Gasteiger partial charge is 0.870 e. The predicted molar refractivity (Wildman–Crippen MR) is 171 cm³/mol. The number of rotatable bonds is 9. The molecule has 3 N–H and O–H groups in total. The fraction of sp³-hybridized carbons (Fsp3) is 0. The van der Waals surface area contributed by atoms with Gasteiger partial charge in [-0.1, -0.05) is 54.8 Å². The Labute approximate surface area is 335 Å². The number of aliphatic imine (C=N–C) groups is 1. The second kappa shape index (κ2) is 15.5. The third kappa shape index (κ3) is 8.93. The van der Waals surface area contributed by atoms with Crippen molar-refractivity contribution in [2.45, 2.75) is 19.6 Å². The van der Waals surface area contributed by atoms with Crippen LogP contribution in [0.3, 0.4) is 0 Å². The van der Waals surface area contributed by atoms with Crippen LogP contribution < -0.4 is 69.3 Å². The monoisotopic (exact) mass is 791 g/mol. The molecule has 16 nitrogen and oxygen atoms in total. The van der Waals surface area contributed by atoms with Gasteiger partial charge in [0.1, 0.15) is 15.5 Å². The molecule has 0 heterocycles. The molecule has 5 aromatic carbocycles. The minimum Gasteiger partial charge on any atom is -0.870 e. The fourth-order valence-electron chi connectivity index (χ4n) is 4.70. The Morgan fingerprint density at radius 2 is 1.31 bits per heavy atom. The molecule has 5 rings (SSSR count). The molecular formula is C29H19N3Na2O13S4. The summed E-state index contributed by atoms with van der Waals surface area (Å²) in [6.45, 7) is 3.21. The third-order valence-electron chi connectivity index (χ3n) is 6.89. The van der Waals surface area contributed by atoms with Crippen molar-refractivity contribution in [2.75, 3.05) is 0 Å². The molecule has 0 aliphatic heterocycles. The zero-order valence-corrected chi connectivity index (χ0v) is 33.5. The van der Waals surface area contributed by atoms with E-state index in [4.69, 9.17) is 0 Å². The summed E-state index contributed by atoms with van der Waals surface area (Å²) in [6.07, 6.45) is 0. The molecule has 0 spiro atoms. The molecule has 51 heavy (non-hydrogen) atoms. The van der Waals surface area contributed by atoms with Gasteiger partial charge in [-0.15, -0.1) is 10.2 Å². The topological polar surface area (TPSA) is 280 Å². The normalized spacial score (nSPS) is 12.8. The zero-order valence-electron chi connectivity index (χ0n) is 26.2. The van der Waals surface area contributed by atoms with Gasteiger partial charge in [-0.2, -0.15) is 25.3 Å². The number of hydrogen-bond acceptors (Lipinski definition) is 13. The Balaban J connectivity index is 0.00000351. The van der Waals surface area contributed by atoms with Crippen LogP contribution >= 0.6 is 0 Å². The van der Waals surface area contributed by atoms with E-state index >= 15 is 0 Å². The summed E-state index contributed by atoms with van der Waals surface area (Å²) < 4.78 is 128. The quantitative estimate of drug-likeness (QED) is 0.0462. The minimum absolute atomic E-state index is 0. The first kappa shape index (κ1) is 42.3. The number of fused-ring (bicyclic) bond motifs is 2. The van der Waals surface area contributed by atoms with Crippen LogP contribution in [0.1, 0.15) is 5.56 Å². The maximum absolute atomic E-state index is 13.8. The molecule has 0 aromatic heterocycles. The van der Waals surface area contributed by atoms with Crippen molar-refractivity contribution in [1.82, 2.24) is 0 Å². The van der Waals surface area contributed by atoms with Gasteiger partial charge >= 0.3 is 59.1 Å². The Bertz CT molecular complexity index is 2740. The van der Waals surface area contributed by atoms with Gasteiger partial charge in [0, 0.05) is 16.2 Å². The van der Waals surface area contributed by atoms with Gasteiger partial charge in [-0.3, -0.25) is 18.7 Å². The van der Waals surface area contributed by atoms with Gasteiger partial charge in [-0.05, 0) is 58.6 Å². The van der Waals surface area contributed by atoms with Gasteiger partial charge in [0.05, 0.1) is 21.2 Å². The first-order chi connectivity index (χ1) is 22.7. The summed E-state index contributed by atoms with van der Waals surface area (Å²) in [7, 11) is -19.5. The van der Waals surface area contributed by atoms with Crippen molar-refractivity contribution in [2.24, 2.45) is 15.2 Å². The SMILES string of the molecule is C=CS(=O)(=O)c1ccc2c(S(=O)(=O)O)c(N=Nc3c(S(=O)(=O)O)cc4cc(S(=O)(=O)O)cc(N=C([O-])c5ccccc5)c4c3[O-])ccc2c1.[Na+].[Na+]. The van der Waals surface area contributed by atoms with Crippen LogP contribution in [0.2, 0.25) is 0 Å². The van der Waals surface area contributed by atoms with Gasteiger partial charge in [0.2, 0.25) is 0 Å². The maximum Gasteiger partial charge on any atom is 1.00 e. The summed E-state index contributed by atoms with van der Waals surface area (Å²) in [4.78, 5) is 0.477. The third-order valence-corrected chi connectivity index (χ3v) is 10.9. The molecule has 0 fully saturated rings. The van der Waals surface area contributed by atoms with Crippen molar-refractivity contribution in [3.63, 3.8) is 0 Å². The van der Waals surface area contributed by atoms with Gasteiger partial charge in [0.15, 0.2) is 9.84 Å². The van der Waals surface area contributed by atoms with E-state index in [1.807, 2.05) is 0 Å². The largest absolute Gasteiger partial charge is 1.00 e. The molecule has 22 heteroatoms. The number of benzene rings is 5. The van der Waals surface area contributed by atoms with Crippen LogP contribution in [0.4, 0.5) is 17.1 Å². The molecule has 0 aliphatic carbocycles. The number of sulfone groups is 1. The molecule has 0 unspecified atom stereocenters. The van der Waals surface area contributed by atoms with E-state index in [0.717, 1.165) is 24.3 Å². The van der Waals surface area contributed by atoms with E-state index in [0.29, 0.717) is 23.6 Å². The average molecular weight is 792 g/mol. The maximum atomic E-state index is 13.8. The average Bonchev–Trinajstić information content (AvgIpc) is 3.02. The molecule has 0 atom stereocenters. The summed E-state index contributed by atoms with van der Waals surface area (Å²) >= 11 is 0. The van der Waals surface area contributed by atoms with E-state index < -0.39 is 94.4 Å². The van der Waals surface area contributed by atoms with Crippen molar-refractivity contribution >= 4 is 84.7 Å². The Morgan fingerprint density at radius 1 is 0.686 bits per heavy atom. The molecule has 0 amide bonds. The van der Waals surface area contributed by atoms with E-state index in [1.54, 1.807) is 6.07 Å². The summed E-state index contributed by atoms with van der Waals surface area (Å²) in [5.41, 5.74) is -2.47. The summed E-state index contributed by atoms with van der Waals surface area (Å²) in [5, 5.41) is 33.2. The molecule has 254 valence electrons. The first-order valence-corrected chi connectivity index (χ1v) is 19.0. The van der Waals surface area contributed by atoms with Crippen molar-refractivity contribution in [3.8, 4) is 5.75 Å². The molecule has 0 saturated heterocycles. The van der Waals surface area contributed by atoms with Crippen molar-refractivity contribution in [1.29, 1.82) is 0 Å².